The maximum atomic E-state index is 11.4. The van der Waals surface area contributed by atoms with Crippen molar-refractivity contribution in [2.24, 2.45) is 10.8 Å². The Hall–Kier alpha value is -3.42. The SMILES string of the molecule is C=C(C(N)=O)/C(=N\NNc1cnccn1)c1ccc(N)cc1. The van der Waals surface area contributed by atoms with E-state index in [1.165, 1.54) is 12.4 Å². The molecule has 1 heterocycles. The molecule has 8 heteroatoms. The van der Waals surface area contributed by atoms with Crippen LogP contribution in [0.15, 0.2) is 60.1 Å². The Labute approximate surface area is 126 Å². The summed E-state index contributed by atoms with van der Waals surface area (Å²) < 4.78 is 0. The predicted octanol–water partition coefficient (Wildman–Crippen LogP) is 0.421. The molecule has 0 radical (unpaired) electrons. The molecule has 112 valence electrons. The van der Waals surface area contributed by atoms with Crippen LogP contribution in [0.1, 0.15) is 5.56 Å². The van der Waals surface area contributed by atoms with Crippen LogP contribution in [0, 0.1) is 0 Å². The molecule has 0 unspecified atom stereocenters. The van der Waals surface area contributed by atoms with E-state index >= 15 is 0 Å². The first-order chi connectivity index (χ1) is 10.6. The summed E-state index contributed by atoms with van der Waals surface area (Å²) in [7, 11) is 0. The number of anilines is 2. The highest BCUT2D eigenvalue weighted by Gasteiger charge is 2.13. The van der Waals surface area contributed by atoms with Crippen LogP contribution < -0.4 is 22.4 Å². The highest BCUT2D eigenvalue weighted by molar-refractivity contribution is 6.27. The molecule has 1 amide bonds. The number of carbonyl (C=O) groups is 1. The number of primary amides is 1. The van der Waals surface area contributed by atoms with Crippen molar-refractivity contribution in [3.05, 3.63) is 60.6 Å². The maximum Gasteiger partial charge on any atom is 0.250 e. The standard InChI is InChI=1S/C14H15N7O/c1-9(14(16)22)13(10-2-4-11(15)5-3-10)20-21-19-12-8-17-6-7-18-12/h2-8,21H,1,15H2,(H2,16,22)(H,18,19)/b20-13+. The Morgan fingerprint density at radius 2 is 1.95 bits per heavy atom. The van der Waals surface area contributed by atoms with Crippen molar-refractivity contribution in [2.45, 2.75) is 0 Å². The molecule has 0 aliphatic heterocycles. The summed E-state index contributed by atoms with van der Waals surface area (Å²) in [6.45, 7) is 3.65. The molecule has 1 aromatic heterocycles. The van der Waals surface area contributed by atoms with E-state index in [9.17, 15) is 4.79 Å². The minimum Gasteiger partial charge on any atom is -0.399 e. The molecule has 0 atom stereocenters. The summed E-state index contributed by atoms with van der Waals surface area (Å²) in [5.74, 6) is -0.204. The number of nitrogen functional groups attached to an aromatic ring is 1. The molecule has 0 saturated heterocycles. The number of carbonyl (C=O) groups excluding carboxylic acids is 1. The summed E-state index contributed by atoms with van der Waals surface area (Å²) in [4.78, 5) is 19.3. The average molecular weight is 297 g/mol. The number of hydrogen-bond donors (Lipinski definition) is 4. The van der Waals surface area contributed by atoms with Crippen LogP contribution in [0.25, 0.3) is 0 Å². The number of hydrogen-bond acceptors (Lipinski definition) is 7. The first-order valence-corrected chi connectivity index (χ1v) is 6.27. The van der Waals surface area contributed by atoms with Crippen LogP contribution in [-0.2, 0) is 4.79 Å². The highest BCUT2D eigenvalue weighted by Crippen LogP contribution is 2.11. The first-order valence-electron chi connectivity index (χ1n) is 6.27. The summed E-state index contributed by atoms with van der Waals surface area (Å²) in [5.41, 5.74) is 17.8. The van der Waals surface area contributed by atoms with Crippen molar-refractivity contribution >= 4 is 23.1 Å². The zero-order valence-electron chi connectivity index (χ0n) is 11.7. The Morgan fingerprint density at radius 1 is 1.23 bits per heavy atom. The minimum atomic E-state index is -0.670. The van der Waals surface area contributed by atoms with Crippen LogP contribution in [0.2, 0.25) is 0 Å². The molecule has 6 N–H and O–H groups in total. The van der Waals surface area contributed by atoms with Gasteiger partial charge in [-0.15, -0.1) is 0 Å². The fourth-order valence-electron chi connectivity index (χ4n) is 1.57. The van der Waals surface area contributed by atoms with E-state index in [1.54, 1.807) is 30.5 Å². The van der Waals surface area contributed by atoms with E-state index in [0.717, 1.165) is 0 Å². The largest absolute Gasteiger partial charge is 0.399 e. The van der Waals surface area contributed by atoms with Crippen LogP contribution in [0.4, 0.5) is 11.5 Å². The quantitative estimate of drug-likeness (QED) is 0.264. The number of nitrogens with zero attached hydrogens (tertiary/aromatic N) is 3. The lowest BCUT2D eigenvalue weighted by molar-refractivity contribution is -0.114. The molecule has 1 aromatic carbocycles. The fraction of sp³-hybridized carbons (Fsp3) is 0. The highest BCUT2D eigenvalue weighted by atomic mass is 16.1. The molecule has 22 heavy (non-hydrogen) atoms. The van der Waals surface area contributed by atoms with Gasteiger partial charge in [0.25, 0.3) is 0 Å². The second kappa shape index (κ2) is 6.84. The zero-order valence-corrected chi connectivity index (χ0v) is 11.7. The van der Waals surface area contributed by atoms with Gasteiger partial charge in [-0.25, -0.2) is 10.5 Å². The van der Waals surface area contributed by atoms with Gasteiger partial charge >= 0.3 is 0 Å². The van der Waals surface area contributed by atoms with Gasteiger partial charge in [0.05, 0.1) is 11.8 Å². The van der Waals surface area contributed by atoms with Gasteiger partial charge in [0, 0.05) is 23.6 Å². The maximum absolute atomic E-state index is 11.4. The number of amides is 1. The van der Waals surface area contributed by atoms with Gasteiger partial charge in [-0.2, -0.15) is 5.10 Å². The normalized spacial score (nSPS) is 10.8. The molecule has 0 aliphatic carbocycles. The predicted molar refractivity (Wildman–Crippen MR) is 84.5 cm³/mol. The fourth-order valence-corrected chi connectivity index (χ4v) is 1.57. The summed E-state index contributed by atoms with van der Waals surface area (Å²) in [6, 6.07) is 6.81. The molecule has 2 rings (SSSR count). The first kappa shape index (κ1) is 15.0. The third-order valence-electron chi connectivity index (χ3n) is 2.68. The minimum absolute atomic E-state index is 0.0678. The topological polar surface area (TPSA) is 131 Å². The van der Waals surface area contributed by atoms with Crippen LogP contribution in [0.5, 0.6) is 0 Å². The molecular formula is C14H15N7O. The lowest BCUT2D eigenvalue weighted by Crippen LogP contribution is -2.25. The van der Waals surface area contributed by atoms with Crippen LogP contribution in [0.3, 0.4) is 0 Å². The number of nitrogens with one attached hydrogen (secondary N) is 2. The van der Waals surface area contributed by atoms with E-state index in [-0.39, 0.29) is 5.57 Å². The Balaban J connectivity index is 2.20. The number of aromatic nitrogens is 2. The van der Waals surface area contributed by atoms with Gasteiger partial charge in [0.2, 0.25) is 5.91 Å². The van der Waals surface area contributed by atoms with Gasteiger partial charge in [-0.3, -0.25) is 15.2 Å². The number of hydrazine groups is 1. The van der Waals surface area contributed by atoms with Crippen molar-refractivity contribution in [3.8, 4) is 0 Å². The third kappa shape index (κ3) is 3.79. The Kier molecular flexibility index (Phi) is 4.66. The van der Waals surface area contributed by atoms with Gasteiger partial charge in [0.1, 0.15) is 5.71 Å². The molecular weight excluding hydrogens is 282 g/mol. The number of rotatable bonds is 6. The van der Waals surface area contributed by atoms with E-state index in [4.69, 9.17) is 11.5 Å². The molecule has 0 spiro atoms. The smallest absolute Gasteiger partial charge is 0.250 e. The van der Waals surface area contributed by atoms with Gasteiger partial charge in [-0.1, -0.05) is 18.7 Å². The van der Waals surface area contributed by atoms with Gasteiger partial charge in [0.15, 0.2) is 5.82 Å². The van der Waals surface area contributed by atoms with Gasteiger partial charge < -0.3 is 11.5 Å². The average Bonchev–Trinajstić information content (AvgIpc) is 2.53. The molecule has 8 nitrogen and oxygen atoms in total. The van der Waals surface area contributed by atoms with Crippen molar-refractivity contribution in [1.82, 2.24) is 15.5 Å². The third-order valence-corrected chi connectivity index (χ3v) is 2.68. The molecule has 0 bridgehead atoms. The molecule has 2 aromatic rings. The van der Waals surface area contributed by atoms with Crippen LogP contribution >= 0.6 is 0 Å². The summed E-state index contributed by atoms with van der Waals surface area (Å²) in [5, 5.41) is 4.09. The van der Waals surface area contributed by atoms with E-state index in [1.807, 2.05) is 0 Å². The lowest BCUT2D eigenvalue weighted by atomic mass is 10.0. The summed E-state index contributed by atoms with van der Waals surface area (Å²) in [6.07, 6.45) is 4.58. The van der Waals surface area contributed by atoms with E-state index in [2.05, 4.69) is 32.6 Å². The Morgan fingerprint density at radius 3 is 2.55 bits per heavy atom. The molecule has 0 aliphatic rings. The van der Waals surface area contributed by atoms with Gasteiger partial charge in [-0.05, 0) is 12.1 Å². The van der Waals surface area contributed by atoms with Crippen molar-refractivity contribution in [1.29, 1.82) is 0 Å². The Bertz CT molecular complexity index is 695. The zero-order chi connectivity index (χ0) is 15.9. The van der Waals surface area contributed by atoms with Crippen LogP contribution in [-0.4, -0.2) is 21.6 Å². The summed E-state index contributed by atoms with van der Waals surface area (Å²) >= 11 is 0. The number of hydrazone groups is 1. The second-order valence-electron chi connectivity index (χ2n) is 4.25. The second-order valence-corrected chi connectivity index (χ2v) is 4.25. The van der Waals surface area contributed by atoms with E-state index in [0.29, 0.717) is 22.8 Å². The number of benzene rings is 1. The van der Waals surface area contributed by atoms with Crippen molar-refractivity contribution < 1.29 is 4.79 Å². The molecule has 0 fully saturated rings. The lowest BCUT2D eigenvalue weighted by Gasteiger charge is -2.09. The monoisotopic (exact) mass is 297 g/mol. The molecule has 0 saturated carbocycles. The number of nitrogens with two attached hydrogens (primary N) is 2. The van der Waals surface area contributed by atoms with Crippen molar-refractivity contribution in [3.63, 3.8) is 0 Å². The van der Waals surface area contributed by atoms with Crippen molar-refractivity contribution in [2.75, 3.05) is 11.2 Å². The van der Waals surface area contributed by atoms with E-state index < -0.39 is 5.91 Å².